The number of aryl methyl sites for hydroxylation is 1. The van der Waals surface area contributed by atoms with Crippen molar-refractivity contribution in [2.24, 2.45) is 0 Å². The van der Waals surface area contributed by atoms with Crippen molar-refractivity contribution in [1.82, 2.24) is 10.2 Å². The molecule has 0 spiro atoms. The molecule has 0 aliphatic carbocycles. The standard InChI is InChI=1S/C14H21N3O3/c1-4-10-7-12(17(18)19)14(20-3)8-11(10)13-9-15-5-6-16(13)2/h7-8,13,15H,4-6,9H2,1-3H3. The number of nitrogens with zero attached hydrogens (tertiary/aromatic N) is 2. The fourth-order valence-corrected chi connectivity index (χ4v) is 2.70. The van der Waals surface area contributed by atoms with E-state index in [1.54, 1.807) is 6.07 Å². The Balaban J connectivity index is 2.48. The number of hydrogen-bond donors (Lipinski definition) is 1. The van der Waals surface area contributed by atoms with Crippen LogP contribution in [0.2, 0.25) is 0 Å². The summed E-state index contributed by atoms with van der Waals surface area (Å²) >= 11 is 0. The highest BCUT2D eigenvalue weighted by Gasteiger charge is 2.26. The zero-order chi connectivity index (χ0) is 14.7. The molecule has 1 heterocycles. The van der Waals surface area contributed by atoms with Gasteiger partial charge in [-0.25, -0.2) is 0 Å². The second-order valence-electron chi connectivity index (χ2n) is 5.03. The zero-order valence-corrected chi connectivity index (χ0v) is 12.2. The molecule has 1 aliphatic heterocycles. The summed E-state index contributed by atoms with van der Waals surface area (Å²) in [4.78, 5) is 13.0. The van der Waals surface area contributed by atoms with E-state index < -0.39 is 0 Å². The third kappa shape index (κ3) is 2.76. The number of nitro groups is 1. The van der Waals surface area contributed by atoms with Gasteiger partial charge < -0.3 is 10.1 Å². The van der Waals surface area contributed by atoms with Gasteiger partial charge in [0.25, 0.3) is 0 Å². The normalized spacial score (nSPS) is 19.9. The molecule has 0 aromatic heterocycles. The van der Waals surface area contributed by atoms with Gasteiger partial charge in [-0.1, -0.05) is 6.92 Å². The van der Waals surface area contributed by atoms with Gasteiger partial charge in [0.1, 0.15) is 0 Å². The SMILES string of the molecule is CCc1cc([N+](=O)[O-])c(OC)cc1C1CNCCN1C. The number of ether oxygens (including phenoxy) is 1. The van der Waals surface area contributed by atoms with E-state index in [9.17, 15) is 10.1 Å². The van der Waals surface area contributed by atoms with Crippen LogP contribution in [-0.4, -0.2) is 43.6 Å². The van der Waals surface area contributed by atoms with Crippen LogP contribution in [0.1, 0.15) is 24.1 Å². The van der Waals surface area contributed by atoms with Gasteiger partial charge in [0, 0.05) is 31.7 Å². The van der Waals surface area contributed by atoms with Crippen LogP contribution in [0, 0.1) is 10.1 Å². The van der Waals surface area contributed by atoms with Gasteiger partial charge in [0.15, 0.2) is 5.75 Å². The van der Waals surface area contributed by atoms with Gasteiger partial charge >= 0.3 is 5.69 Å². The Morgan fingerprint density at radius 3 is 2.85 bits per heavy atom. The highest BCUT2D eigenvalue weighted by molar-refractivity contribution is 5.53. The van der Waals surface area contributed by atoms with Crippen molar-refractivity contribution >= 4 is 5.69 Å². The summed E-state index contributed by atoms with van der Waals surface area (Å²) in [6.07, 6.45) is 0.768. The third-order valence-electron chi connectivity index (χ3n) is 3.89. The first-order chi connectivity index (χ1) is 9.58. The van der Waals surface area contributed by atoms with Crippen molar-refractivity contribution in [2.45, 2.75) is 19.4 Å². The highest BCUT2D eigenvalue weighted by atomic mass is 16.6. The quantitative estimate of drug-likeness (QED) is 0.671. The summed E-state index contributed by atoms with van der Waals surface area (Å²) in [5, 5.41) is 14.5. The molecule has 0 amide bonds. The molecule has 1 aromatic carbocycles. The van der Waals surface area contributed by atoms with E-state index in [0.717, 1.165) is 37.2 Å². The summed E-state index contributed by atoms with van der Waals surface area (Å²) < 4.78 is 5.19. The fourth-order valence-electron chi connectivity index (χ4n) is 2.70. The van der Waals surface area contributed by atoms with Crippen molar-refractivity contribution in [2.75, 3.05) is 33.8 Å². The van der Waals surface area contributed by atoms with Gasteiger partial charge in [0.05, 0.1) is 12.0 Å². The maximum absolute atomic E-state index is 11.1. The molecule has 2 rings (SSSR count). The Hall–Kier alpha value is -1.66. The molecule has 6 nitrogen and oxygen atoms in total. The maximum atomic E-state index is 11.1. The minimum absolute atomic E-state index is 0.0412. The largest absolute Gasteiger partial charge is 0.490 e. The summed E-state index contributed by atoms with van der Waals surface area (Å²) in [6.45, 7) is 4.81. The van der Waals surface area contributed by atoms with Crippen LogP contribution < -0.4 is 10.1 Å². The van der Waals surface area contributed by atoms with Gasteiger partial charge in [0.2, 0.25) is 0 Å². The van der Waals surface area contributed by atoms with Crippen molar-refractivity contribution in [3.63, 3.8) is 0 Å². The maximum Gasteiger partial charge on any atom is 0.311 e. The molecule has 1 aromatic rings. The Labute approximate surface area is 118 Å². The Morgan fingerprint density at radius 1 is 1.55 bits per heavy atom. The molecule has 1 atom stereocenters. The van der Waals surface area contributed by atoms with E-state index in [4.69, 9.17) is 4.74 Å². The summed E-state index contributed by atoms with van der Waals surface area (Å²) in [6, 6.07) is 3.70. The molecule has 1 N–H and O–H groups in total. The molecule has 0 saturated carbocycles. The van der Waals surface area contributed by atoms with E-state index in [0.29, 0.717) is 5.75 Å². The minimum atomic E-state index is -0.384. The second kappa shape index (κ2) is 6.19. The van der Waals surface area contributed by atoms with Crippen LogP contribution in [0.25, 0.3) is 0 Å². The van der Waals surface area contributed by atoms with Gasteiger partial charge in [-0.15, -0.1) is 0 Å². The van der Waals surface area contributed by atoms with E-state index in [2.05, 4.69) is 17.3 Å². The number of piperazine rings is 1. The predicted octanol–water partition coefficient (Wildman–Crippen LogP) is 1.74. The Morgan fingerprint density at radius 2 is 2.30 bits per heavy atom. The van der Waals surface area contributed by atoms with Crippen molar-refractivity contribution < 1.29 is 9.66 Å². The molecule has 110 valence electrons. The minimum Gasteiger partial charge on any atom is -0.490 e. The van der Waals surface area contributed by atoms with Crippen LogP contribution in [0.15, 0.2) is 12.1 Å². The number of rotatable bonds is 4. The predicted molar refractivity (Wildman–Crippen MR) is 77.3 cm³/mol. The lowest BCUT2D eigenvalue weighted by Crippen LogP contribution is -2.44. The molecule has 20 heavy (non-hydrogen) atoms. The van der Waals surface area contributed by atoms with Gasteiger partial charge in [-0.3, -0.25) is 15.0 Å². The van der Waals surface area contributed by atoms with Crippen LogP contribution in [0.5, 0.6) is 5.75 Å². The zero-order valence-electron chi connectivity index (χ0n) is 12.2. The first-order valence-electron chi connectivity index (χ1n) is 6.84. The molecule has 6 heteroatoms. The van der Waals surface area contributed by atoms with Crippen LogP contribution in [-0.2, 0) is 6.42 Å². The molecule has 1 aliphatic rings. The highest BCUT2D eigenvalue weighted by Crippen LogP contribution is 2.35. The smallest absolute Gasteiger partial charge is 0.311 e. The average Bonchev–Trinajstić information content (AvgIpc) is 2.46. The lowest BCUT2D eigenvalue weighted by molar-refractivity contribution is -0.385. The number of methoxy groups -OCH3 is 1. The molecule has 1 fully saturated rings. The van der Waals surface area contributed by atoms with Crippen molar-refractivity contribution in [3.8, 4) is 5.75 Å². The second-order valence-corrected chi connectivity index (χ2v) is 5.03. The number of nitro benzene ring substituents is 1. The first kappa shape index (κ1) is 14.7. The van der Waals surface area contributed by atoms with Gasteiger partial charge in [-0.2, -0.15) is 0 Å². The number of benzene rings is 1. The Kier molecular flexibility index (Phi) is 4.57. The van der Waals surface area contributed by atoms with E-state index in [1.165, 1.54) is 7.11 Å². The summed E-state index contributed by atoms with van der Waals surface area (Å²) in [5.74, 6) is 0.334. The number of hydrogen-bond acceptors (Lipinski definition) is 5. The lowest BCUT2D eigenvalue weighted by atomic mass is 9.95. The topological polar surface area (TPSA) is 67.6 Å². The molecule has 1 unspecified atom stereocenters. The van der Waals surface area contributed by atoms with Crippen molar-refractivity contribution in [1.29, 1.82) is 0 Å². The van der Waals surface area contributed by atoms with Gasteiger partial charge in [-0.05, 0) is 30.7 Å². The number of likely N-dealkylation sites (N-methyl/N-ethyl adjacent to an activating group) is 1. The molecule has 0 radical (unpaired) electrons. The first-order valence-corrected chi connectivity index (χ1v) is 6.84. The van der Waals surface area contributed by atoms with E-state index in [-0.39, 0.29) is 16.7 Å². The molecular formula is C14H21N3O3. The van der Waals surface area contributed by atoms with E-state index >= 15 is 0 Å². The number of nitrogens with one attached hydrogen (secondary N) is 1. The lowest BCUT2D eigenvalue weighted by Gasteiger charge is -2.34. The van der Waals surface area contributed by atoms with Crippen LogP contribution >= 0.6 is 0 Å². The molecule has 1 saturated heterocycles. The van der Waals surface area contributed by atoms with Crippen LogP contribution in [0.4, 0.5) is 5.69 Å². The third-order valence-corrected chi connectivity index (χ3v) is 3.89. The molecule has 0 bridgehead atoms. The van der Waals surface area contributed by atoms with Crippen LogP contribution in [0.3, 0.4) is 0 Å². The van der Waals surface area contributed by atoms with Crippen molar-refractivity contribution in [3.05, 3.63) is 33.4 Å². The monoisotopic (exact) mass is 279 g/mol. The van der Waals surface area contributed by atoms with E-state index in [1.807, 2.05) is 13.0 Å². The molecular weight excluding hydrogens is 258 g/mol. The average molecular weight is 279 g/mol. The fraction of sp³-hybridized carbons (Fsp3) is 0.571. The Bertz CT molecular complexity index is 505. The summed E-state index contributed by atoms with van der Waals surface area (Å²) in [5.41, 5.74) is 2.17. The summed E-state index contributed by atoms with van der Waals surface area (Å²) in [7, 11) is 3.55.